The first-order valence-electron chi connectivity index (χ1n) is 6.89. The monoisotopic (exact) mass is 317 g/mol. The molecule has 7 heteroatoms. The summed E-state index contributed by atoms with van der Waals surface area (Å²) in [6.45, 7) is 1.85. The number of imidazole rings is 2. The van der Waals surface area contributed by atoms with Crippen LogP contribution in [-0.2, 0) is 18.9 Å². The van der Waals surface area contributed by atoms with Crippen molar-refractivity contribution in [3.8, 4) is 11.3 Å². The van der Waals surface area contributed by atoms with Gasteiger partial charge in [-0.1, -0.05) is 0 Å². The van der Waals surface area contributed by atoms with Gasteiger partial charge in [-0.15, -0.1) is 11.6 Å². The van der Waals surface area contributed by atoms with Gasteiger partial charge in [-0.2, -0.15) is 0 Å². The van der Waals surface area contributed by atoms with Crippen LogP contribution >= 0.6 is 11.6 Å². The van der Waals surface area contributed by atoms with Crippen molar-refractivity contribution in [2.45, 2.75) is 25.8 Å². The second-order valence-electron chi connectivity index (χ2n) is 4.98. The van der Waals surface area contributed by atoms with Crippen molar-refractivity contribution in [2.24, 2.45) is 0 Å². The SMILES string of the molecule is Cc1nc(CCl)c(Cc2[nH]cnc2-c2cnccc2CO)[nH]1. The average molecular weight is 318 g/mol. The largest absolute Gasteiger partial charge is 0.392 e. The molecule has 0 atom stereocenters. The minimum Gasteiger partial charge on any atom is -0.392 e. The van der Waals surface area contributed by atoms with Gasteiger partial charge in [-0.3, -0.25) is 4.98 Å². The van der Waals surface area contributed by atoms with E-state index >= 15 is 0 Å². The number of nitrogens with one attached hydrogen (secondary N) is 2. The fraction of sp³-hybridized carbons (Fsp3) is 0.267. The molecule has 114 valence electrons. The number of aliphatic hydroxyl groups is 1. The first-order chi connectivity index (χ1) is 10.7. The van der Waals surface area contributed by atoms with Crippen LogP contribution in [0.5, 0.6) is 0 Å². The van der Waals surface area contributed by atoms with Gasteiger partial charge in [-0.25, -0.2) is 9.97 Å². The number of halogens is 1. The van der Waals surface area contributed by atoms with E-state index in [0.717, 1.165) is 39.7 Å². The summed E-state index contributed by atoms with van der Waals surface area (Å²) >= 11 is 5.94. The van der Waals surface area contributed by atoms with Gasteiger partial charge < -0.3 is 15.1 Å². The van der Waals surface area contributed by atoms with E-state index in [1.165, 1.54) is 0 Å². The third-order valence-electron chi connectivity index (χ3n) is 3.52. The van der Waals surface area contributed by atoms with E-state index in [4.69, 9.17) is 11.6 Å². The number of nitrogens with zero attached hydrogens (tertiary/aromatic N) is 3. The number of H-pyrrole nitrogens is 2. The molecule has 3 N–H and O–H groups in total. The lowest BCUT2D eigenvalue weighted by molar-refractivity contribution is 0.282. The Morgan fingerprint density at radius 1 is 1.32 bits per heavy atom. The van der Waals surface area contributed by atoms with E-state index in [9.17, 15) is 5.11 Å². The molecule has 3 aromatic rings. The Balaban J connectivity index is 1.99. The smallest absolute Gasteiger partial charge is 0.103 e. The zero-order chi connectivity index (χ0) is 15.5. The van der Waals surface area contributed by atoms with E-state index in [-0.39, 0.29) is 6.61 Å². The highest BCUT2D eigenvalue weighted by Crippen LogP contribution is 2.26. The van der Waals surface area contributed by atoms with E-state index < -0.39 is 0 Å². The molecule has 0 aliphatic rings. The van der Waals surface area contributed by atoms with E-state index in [1.54, 1.807) is 24.8 Å². The van der Waals surface area contributed by atoms with E-state index in [2.05, 4.69) is 24.9 Å². The molecular formula is C15H16ClN5O. The van der Waals surface area contributed by atoms with Crippen LogP contribution in [0.2, 0.25) is 0 Å². The van der Waals surface area contributed by atoms with Crippen LogP contribution in [0, 0.1) is 6.92 Å². The standard InChI is InChI=1S/C15H16ClN5O/c1-9-20-12(14(5-16)21-9)4-13-15(19-8-18-13)11-6-17-3-2-10(11)7-22/h2-3,6,8,22H,4-5,7H2,1H3,(H,18,19)(H,20,21). The maximum atomic E-state index is 9.48. The second kappa shape index (κ2) is 6.29. The molecule has 3 aromatic heterocycles. The van der Waals surface area contributed by atoms with Crippen LogP contribution in [-0.4, -0.2) is 30.0 Å². The Morgan fingerprint density at radius 3 is 2.95 bits per heavy atom. The fourth-order valence-corrected chi connectivity index (χ4v) is 2.71. The van der Waals surface area contributed by atoms with Crippen molar-refractivity contribution in [3.05, 3.63) is 53.3 Å². The van der Waals surface area contributed by atoms with Crippen molar-refractivity contribution >= 4 is 11.6 Å². The van der Waals surface area contributed by atoms with Gasteiger partial charge >= 0.3 is 0 Å². The molecule has 6 nitrogen and oxygen atoms in total. The maximum absolute atomic E-state index is 9.48. The lowest BCUT2D eigenvalue weighted by atomic mass is 10.0. The highest BCUT2D eigenvalue weighted by molar-refractivity contribution is 6.17. The molecule has 3 rings (SSSR count). The zero-order valence-electron chi connectivity index (χ0n) is 12.1. The second-order valence-corrected chi connectivity index (χ2v) is 5.25. The molecule has 0 aliphatic heterocycles. The summed E-state index contributed by atoms with van der Waals surface area (Å²) in [6, 6.07) is 1.79. The molecule has 0 amide bonds. The molecular weight excluding hydrogens is 302 g/mol. The number of hydrogen-bond acceptors (Lipinski definition) is 4. The molecule has 0 fully saturated rings. The Kier molecular flexibility index (Phi) is 4.22. The van der Waals surface area contributed by atoms with Crippen molar-refractivity contribution in [1.82, 2.24) is 24.9 Å². The number of alkyl halides is 1. The first kappa shape index (κ1) is 14.7. The number of aliphatic hydroxyl groups excluding tert-OH is 1. The van der Waals surface area contributed by atoms with Crippen LogP contribution in [0.1, 0.15) is 28.5 Å². The van der Waals surface area contributed by atoms with Gasteiger partial charge in [0.2, 0.25) is 0 Å². The van der Waals surface area contributed by atoms with Crippen molar-refractivity contribution in [3.63, 3.8) is 0 Å². The number of pyridine rings is 1. The molecule has 0 aliphatic carbocycles. The van der Waals surface area contributed by atoms with Gasteiger partial charge in [-0.05, 0) is 18.6 Å². The van der Waals surface area contributed by atoms with Crippen LogP contribution in [0.15, 0.2) is 24.8 Å². The molecule has 22 heavy (non-hydrogen) atoms. The molecule has 3 heterocycles. The Bertz CT molecular complexity index is 780. The maximum Gasteiger partial charge on any atom is 0.103 e. The lowest BCUT2D eigenvalue weighted by Crippen LogP contribution is -1.98. The lowest BCUT2D eigenvalue weighted by Gasteiger charge is -2.07. The summed E-state index contributed by atoms with van der Waals surface area (Å²) in [5.74, 6) is 1.20. The van der Waals surface area contributed by atoms with E-state index in [1.807, 2.05) is 6.92 Å². The van der Waals surface area contributed by atoms with Crippen LogP contribution < -0.4 is 0 Å². The normalized spacial score (nSPS) is 11.0. The first-order valence-corrected chi connectivity index (χ1v) is 7.43. The van der Waals surface area contributed by atoms with E-state index in [0.29, 0.717) is 12.3 Å². The van der Waals surface area contributed by atoms with Crippen LogP contribution in [0.25, 0.3) is 11.3 Å². The van der Waals surface area contributed by atoms with Crippen molar-refractivity contribution in [1.29, 1.82) is 0 Å². The minimum atomic E-state index is -0.0553. The number of aromatic amines is 2. The molecule has 0 spiro atoms. The predicted molar refractivity (Wildman–Crippen MR) is 83.4 cm³/mol. The molecule has 0 aromatic carbocycles. The molecule has 0 saturated carbocycles. The van der Waals surface area contributed by atoms with Gasteiger partial charge in [0.25, 0.3) is 0 Å². The molecule has 0 saturated heterocycles. The zero-order valence-corrected chi connectivity index (χ0v) is 12.9. The Labute approximate surface area is 132 Å². The summed E-state index contributed by atoms with van der Waals surface area (Å²) < 4.78 is 0. The number of aryl methyl sites for hydroxylation is 1. The summed E-state index contributed by atoms with van der Waals surface area (Å²) in [4.78, 5) is 19.3. The van der Waals surface area contributed by atoms with Gasteiger partial charge in [0.05, 0.1) is 30.2 Å². The van der Waals surface area contributed by atoms with Gasteiger partial charge in [0, 0.05) is 35.8 Å². The summed E-state index contributed by atoms with van der Waals surface area (Å²) in [5.41, 5.74) is 5.13. The predicted octanol–water partition coefficient (Wildman–Crippen LogP) is 2.33. The van der Waals surface area contributed by atoms with Crippen LogP contribution in [0.4, 0.5) is 0 Å². The van der Waals surface area contributed by atoms with Crippen molar-refractivity contribution < 1.29 is 5.11 Å². The van der Waals surface area contributed by atoms with Gasteiger partial charge in [0.1, 0.15) is 5.82 Å². The molecule has 0 bridgehead atoms. The van der Waals surface area contributed by atoms with Gasteiger partial charge in [0.15, 0.2) is 0 Å². The molecule has 0 unspecified atom stereocenters. The van der Waals surface area contributed by atoms with Crippen LogP contribution in [0.3, 0.4) is 0 Å². The summed E-state index contributed by atoms with van der Waals surface area (Å²) in [5, 5.41) is 9.48. The third kappa shape index (κ3) is 2.75. The fourth-order valence-electron chi connectivity index (χ4n) is 2.48. The Hall–Kier alpha value is -2.18. The third-order valence-corrected chi connectivity index (χ3v) is 3.77. The quantitative estimate of drug-likeness (QED) is 0.630. The number of hydrogen-bond donors (Lipinski definition) is 3. The highest BCUT2D eigenvalue weighted by Gasteiger charge is 2.15. The highest BCUT2D eigenvalue weighted by atomic mass is 35.5. The average Bonchev–Trinajstić information content (AvgIpc) is 3.13. The Morgan fingerprint density at radius 2 is 2.18 bits per heavy atom. The molecule has 0 radical (unpaired) electrons. The number of rotatable bonds is 5. The minimum absolute atomic E-state index is 0.0553. The summed E-state index contributed by atoms with van der Waals surface area (Å²) in [6.07, 6.45) is 5.62. The summed E-state index contributed by atoms with van der Waals surface area (Å²) in [7, 11) is 0. The van der Waals surface area contributed by atoms with Crippen molar-refractivity contribution in [2.75, 3.05) is 0 Å². The topological polar surface area (TPSA) is 90.5 Å². The number of aromatic nitrogens is 5.